The smallest absolute Gasteiger partial charge is 0.229 e. The van der Waals surface area contributed by atoms with Crippen molar-refractivity contribution in [1.29, 1.82) is 0 Å². The number of rotatable bonds is 4. The van der Waals surface area contributed by atoms with Gasteiger partial charge in [0.2, 0.25) is 9.04 Å². The minimum atomic E-state index is -1.14. The van der Waals surface area contributed by atoms with E-state index in [0.717, 1.165) is 22.8 Å². The summed E-state index contributed by atoms with van der Waals surface area (Å²) in [5.41, 5.74) is 1.97. The third-order valence-corrected chi connectivity index (χ3v) is 3.13. The topological polar surface area (TPSA) is 34.7 Å². The summed E-state index contributed by atoms with van der Waals surface area (Å²) in [4.78, 5) is 4.44. The SMILES string of the molecule is Cc1cccc(N=Cc2ccco2)c1O[SiH](C)C. The zero-order valence-electron chi connectivity index (χ0n) is 10.9. The van der Waals surface area contributed by atoms with Gasteiger partial charge in [0.15, 0.2) is 0 Å². The summed E-state index contributed by atoms with van der Waals surface area (Å²) in [5, 5.41) is 0. The van der Waals surface area contributed by atoms with Crippen molar-refractivity contribution in [2.75, 3.05) is 0 Å². The highest BCUT2D eigenvalue weighted by atomic mass is 28.3. The van der Waals surface area contributed by atoms with Crippen LogP contribution in [0, 0.1) is 6.92 Å². The fourth-order valence-electron chi connectivity index (χ4n) is 1.63. The van der Waals surface area contributed by atoms with Crippen molar-refractivity contribution in [3.63, 3.8) is 0 Å². The summed E-state index contributed by atoms with van der Waals surface area (Å²) in [7, 11) is -1.14. The van der Waals surface area contributed by atoms with Crippen LogP contribution < -0.4 is 4.43 Å². The van der Waals surface area contributed by atoms with Gasteiger partial charge in [-0.25, -0.2) is 4.99 Å². The quantitative estimate of drug-likeness (QED) is 0.620. The van der Waals surface area contributed by atoms with E-state index in [0.29, 0.717) is 0 Å². The summed E-state index contributed by atoms with van der Waals surface area (Å²) in [6.07, 6.45) is 3.35. The first kappa shape index (κ1) is 12.6. The van der Waals surface area contributed by atoms with Crippen LogP contribution in [0.2, 0.25) is 13.1 Å². The van der Waals surface area contributed by atoms with Crippen LogP contribution in [-0.4, -0.2) is 15.3 Å². The predicted octanol–water partition coefficient (Wildman–Crippen LogP) is 3.70. The Bertz CT molecular complexity index is 533. The molecule has 0 amide bonds. The van der Waals surface area contributed by atoms with Gasteiger partial charge < -0.3 is 8.84 Å². The molecule has 0 saturated carbocycles. The number of aryl methyl sites for hydroxylation is 1. The van der Waals surface area contributed by atoms with E-state index in [-0.39, 0.29) is 0 Å². The van der Waals surface area contributed by atoms with Crippen LogP contribution in [0.5, 0.6) is 5.75 Å². The minimum Gasteiger partial charge on any atom is -0.545 e. The Kier molecular flexibility index (Phi) is 3.99. The number of furan rings is 1. The number of nitrogens with zero attached hydrogens (tertiary/aromatic N) is 1. The molecule has 1 aromatic carbocycles. The molecule has 4 heteroatoms. The Hall–Kier alpha value is -1.81. The Labute approximate surface area is 109 Å². The lowest BCUT2D eigenvalue weighted by Crippen LogP contribution is -2.12. The molecule has 0 aliphatic carbocycles. The molecule has 2 aromatic rings. The fourth-order valence-corrected chi connectivity index (χ4v) is 2.40. The molecule has 0 fully saturated rings. The molecule has 0 aliphatic rings. The van der Waals surface area contributed by atoms with Gasteiger partial charge in [-0.3, -0.25) is 0 Å². The van der Waals surface area contributed by atoms with Crippen molar-refractivity contribution in [1.82, 2.24) is 0 Å². The standard InChI is InChI=1S/C14H17NO2Si/c1-11-6-4-8-13(14(11)17-18(2)3)15-10-12-7-5-9-16-12/h4-10,18H,1-3H3. The van der Waals surface area contributed by atoms with Gasteiger partial charge in [0.05, 0.1) is 12.5 Å². The van der Waals surface area contributed by atoms with Gasteiger partial charge in [-0.2, -0.15) is 0 Å². The molecule has 0 spiro atoms. The van der Waals surface area contributed by atoms with Crippen molar-refractivity contribution >= 4 is 20.9 Å². The first-order valence-electron chi connectivity index (χ1n) is 6.00. The van der Waals surface area contributed by atoms with Gasteiger partial charge in [-0.1, -0.05) is 12.1 Å². The molecule has 18 heavy (non-hydrogen) atoms. The van der Waals surface area contributed by atoms with E-state index in [9.17, 15) is 0 Å². The molecule has 0 aliphatic heterocycles. The average molecular weight is 259 g/mol. The van der Waals surface area contributed by atoms with E-state index in [1.54, 1.807) is 12.5 Å². The molecule has 0 atom stereocenters. The highest BCUT2D eigenvalue weighted by molar-refractivity contribution is 6.49. The monoisotopic (exact) mass is 259 g/mol. The fraction of sp³-hybridized carbons (Fsp3) is 0.214. The first-order chi connectivity index (χ1) is 8.66. The van der Waals surface area contributed by atoms with E-state index in [1.807, 2.05) is 37.3 Å². The van der Waals surface area contributed by atoms with Gasteiger partial charge in [0.25, 0.3) is 0 Å². The number of benzene rings is 1. The van der Waals surface area contributed by atoms with E-state index in [2.05, 4.69) is 18.1 Å². The number of para-hydroxylation sites is 1. The lowest BCUT2D eigenvalue weighted by Gasteiger charge is -2.14. The molecule has 94 valence electrons. The molecule has 0 saturated heterocycles. The van der Waals surface area contributed by atoms with Crippen molar-refractivity contribution in [3.8, 4) is 5.75 Å². The van der Waals surface area contributed by atoms with Crippen molar-refractivity contribution in [2.24, 2.45) is 4.99 Å². The van der Waals surface area contributed by atoms with Gasteiger partial charge in [-0.15, -0.1) is 0 Å². The van der Waals surface area contributed by atoms with Crippen LogP contribution in [0.4, 0.5) is 5.69 Å². The van der Waals surface area contributed by atoms with Crippen LogP contribution in [0.1, 0.15) is 11.3 Å². The summed E-state index contributed by atoms with van der Waals surface area (Å²) in [6, 6.07) is 9.70. The van der Waals surface area contributed by atoms with Crippen LogP contribution in [0.15, 0.2) is 46.0 Å². The molecule has 0 unspecified atom stereocenters. The Balaban J connectivity index is 2.29. The van der Waals surface area contributed by atoms with Crippen LogP contribution in [0.3, 0.4) is 0 Å². The molecule has 0 radical (unpaired) electrons. The van der Waals surface area contributed by atoms with E-state index >= 15 is 0 Å². The second-order valence-electron chi connectivity index (χ2n) is 4.36. The third kappa shape index (κ3) is 3.11. The number of hydrogen-bond acceptors (Lipinski definition) is 3. The maximum Gasteiger partial charge on any atom is 0.229 e. The van der Waals surface area contributed by atoms with Crippen molar-refractivity contribution < 1.29 is 8.84 Å². The molecule has 0 bridgehead atoms. The second-order valence-corrected chi connectivity index (χ2v) is 6.70. The average Bonchev–Trinajstić information content (AvgIpc) is 2.82. The molecule has 2 rings (SSSR count). The van der Waals surface area contributed by atoms with Crippen molar-refractivity contribution in [3.05, 3.63) is 47.9 Å². The molecule has 1 heterocycles. The zero-order valence-corrected chi connectivity index (χ0v) is 12.0. The molecule has 3 nitrogen and oxygen atoms in total. The van der Waals surface area contributed by atoms with E-state index in [1.165, 1.54) is 0 Å². The lowest BCUT2D eigenvalue weighted by atomic mass is 10.2. The molecule has 0 N–H and O–H groups in total. The number of aliphatic imine (C=N–C) groups is 1. The summed E-state index contributed by atoms with van der Waals surface area (Å²) in [6.45, 7) is 6.33. The Morgan fingerprint density at radius 1 is 1.22 bits per heavy atom. The Morgan fingerprint density at radius 3 is 2.72 bits per heavy atom. The van der Waals surface area contributed by atoms with Crippen molar-refractivity contribution in [2.45, 2.75) is 20.0 Å². The van der Waals surface area contributed by atoms with Gasteiger partial charge >= 0.3 is 0 Å². The van der Waals surface area contributed by atoms with Crippen LogP contribution in [0.25, 0.3) is 0 Å². The third-order valence-electron chi connectivity index (χ3n) is 2.42. The minimum absolute atomic E-state index is 0.740. The van der Waals surface area contributed by atoms with Gasteiger partial charge in [0.1, 0.15) is 17.2 Å². The molecule has 1 aromatic heterocycles. The predicted molar refractivity (Wildman–Crippen MR) is 76.6 cm³/mol. The van der Waals surface area contributed by atoms with Crippen LogP contribution in [-0.2, 0) is 0 Å². The highest BCUT2D eigenvalue weighted by Gasteiger charge is 2.08. The maximum atomic E-state index is 5.94. The van der Waals surface area contributed by atoms with E-state index < -0.39 is 9.04 Å². The summed E-state index contributed by atoms with van der Waals surface area (Å²) >= 11 is 0. The molecular formula is C14H17NO2Si. The summed E-state index contributed by atoms with van der Waals surface area (Å²) < 4.78 is 11.2. The Morgan fingerprint density at radius 2 is 2.06 bits per heavy atom. The van der Waals surface area contributed by atoms with Gasteiger partial charge in [0, 0.05) is 0 Å². The molecular weight excluding hydrogens is 242 g/mol. The summed E-state index contributed by atoms with van der Waals surface area (Å²) in [5.74, 6) is 1.63. The number of hydrogen-bond donors (Lipinski definition) is 0. The normalized spacial score (nSPS) is 11.3. The van der Waals surface area contributed by atoms with Gasteiger partial charge in [-0.05, 0) is 43.8 Å². The maximum absolute atomic E-state index is 5.94. The van der Waals surface area contributed by atoms with Crippen LogP contribution >= 0.6 is 0 Å². The lowest BCUT2D eigenvalue weighted by molar-refractivity contribution is 0.560. The highest BCUT2D eigenvalue weighted by Crippen LogP contribution is 2.31. The van der Waals surface area contributed by atoms with E-state index in [4.69, 9.17) is 8.84 Å². The zero-order chi connectivity index (χ0) is 13.0. The largest absolute Gasteiger partial charge is 0.545 e. The second kappa shape index (κ2) is 5.69. The first-order valence-corrected chi connectivity index (χ1v) is 8.78.